The first-order chi connectivity index (χ1) is 22.8. The summed E-state index contributed by atoms with van der Waals surface area (Å²) in [6, 6.07) is 12.8. The molecule has 0 spiro atoms. The van der Waals surface area contributed by atoms with Gasteiger partial charge in [0, 0.05) is 28.9 Å². The zero-order valence-electron chi connectivity index (χ0n) is 24.8. The lowest BCUT2D eigenvalue weighted by Gasteiger charge is -2.14. The van der Waals surface area contributed by atoms with Gasteiger partial charge in [0.15, 0.2) is 0 Å². The molecule has 0 amide bonds. The van der Waals surface area contributed by atoms with Crippen molar-refractivity contribution in [1.29, 1.82) is 0 Å². The van der Waals surface area contributed by atoms with Crippen molar-refractivity contribution in [1.82, 2.24) is 15.2 Å². The Morgan fingerprint density at radius 3 is 1.84 bits per heavy atom. The number of ether oxygens (including phenoxy) is 1. The molecule has 6 N–H and O–H groups in total. The molecule has 4 aromatic rings. The molecule has 0 aliphatic heterocycles. The van der Waals surface area contributed by atoms with E-state index in [4.69, 9.17) is 40.2 Å². The molecule has 1 atom stereocenters. The van der Waals surface area contributed by atoms with Crippen LogP contribution in [0.5, 0.6) is 5.75 Å². The van der Waals surface area contributed by atoms with E-state index in [-0.39, 0.29) is 11.9 Å². The number of nitrogens with zero attached hydrogens (tertiary/aromatic N) is 2. The van der Waals surface area contributed by atoms with Gasteiger partial charge < -0.3 is 25.8 Å². The number of nitrogens with two attached hydrogens (primary N) is 1. The highest BCUT2D eigenvalue weighted by Gasteiger charge is 2.39. The number of nitrogens with one attached hydrogen (secondary N) is 1. The van der Waals surface area contributed by atoms with Crippen molar-refractivity contribution in [2.24, 2.45) is 5.73 Å². The fourth-order valence-corrected chi connectivity index (χ4v) is 3.45. The van der Waals surface area contributed by atoms with Crippen LogP contribution in [0, 0.1) is 12.7 Å². The zero-order valence-corrected chi connectivity index (χ0v) is 26.4. The van der Waals surface area contributed by atoms with E-state index >= 15 is 0 Å². The van der Waals surface area contributed by atoms with Crippen LogP contribution in [0.1, 0.15) is 11.3 Å². The molecule has 4 rings (SSSR count). The third-order valence-corrected chi connectivity index (χ3v) is 6.11. The zero-order chi connectivity index (χ0) is 38.6. The van der Waals surface area contributed by atoms with Gasteiger partial charge in [-0.3, -0.25) is 10.1 Å². The molecule has 22 heteroatoms. The van der Waals surface area contributed by atoms with E-state index < -0.39 is 36.4 Å². The predicted molar refractivity (Wildman–Crippen MR) is 156 cm³/mol. The maximum absolute atomic E-state index is 13.7. The molecule has 2 aromatic heterocycles. The first-order valence-corrected chi connectivity index (χ1v) is 13.7. The second kappa shape index (κ2) is 18.1. The summed E-state index contributed by atoms with van der Waals surface area (Å²) in [5, 5.41) is 29.7. The number of aryl methyl sites for hydroxylation is 1. The Morgan fingerprint density at radius 2 is 1.36 bits per heavy atom. The summed E-state index contributed by atoms with van der Waals surface area (Å²) in [5.74, 6) is -7.92. The molecule has 2 aromatic carbocycles. The van der Waals surface area contributed by atoms with E-state index in [1.165, 1.54) is 6.07 Å². The van der Waals surface area contributed by atoms with Crippen molar-refractivity contribution in [3.05, 3.63) is 76.4 Å². The van der Waals surface area contributed by atoms with Gasteiger partial charge in [0.05, 0.1) is 16.2 Å². The molecule has 11 nitrogen and oxygen atoms in total. The number of rotatable bonds is 6. The van der Waals surface area contributed by atoms with E-state index in [0.29, 0.717) is 23.2 Å². The molecule has 0 unspecified atom stereocenters. The summed E-state index contributed by atoms with van der Waals surface area (Å²) in [7, 11) is 0. The van der Waals surface area contributed by atoms with Gasteiger partial charge in [0.2, 0.25) is 0 Å². The van der Waals surface area contributed by atoms with Crippen molar-refractivity contribution in [3.63, 3.8) is 0 Å². The fraction of sp³-hybridized carbons (Fsp3) is 0.250. The SMILES string of the molecule is Cc1[nH]nc2ccc(-c3cncc(OC[C@@H](N)Cc4ccc(Br)c(F)c4)c3)cc12.O=C(O)C(F)(F)F.O=C(O)C(F)(F)F.O=C(O)C(F)(F)F. The summed E-state index contributed by atoms with van der Waals surface area (Å²) < 4.78 is 115. The summed E-state index contributed by atoms with van der Waals surface area (Å²) in [5.41, 5.74) is 10.9. The van der Waals surface area contributed by atoms with Gasteiger partial charge in [-0.15, -0.1) is 0 Å². The second-order valence-electron chi connectivity index (χ2n) is 9.42. The van der Waals surface area contributed by atoms with Gasteiger partial charge in [0.1, 0.15) is 18.2 Å². The Morgan fingerprint density at radius 1 is 0.840 bits per heavy atom. The number of pyridine rings is 1. The van der Waals surface area contributed by atoms with Crippen LogP contribution in [0.25, 0.3) is 22.0 Å². The van der Waals surface area contributed by atoms with Crippen molar-refractivity contribution >= 4 is 44.7 Å². The summed E-state index contributed by atoms with van der Waals surface area (Å²) in [4.78, 5) is 31.0. The van der Waals surface area contributed by atoms with Gasteiger partial charge in [-0.05, 0) is 70.7 Å². The number of aromatic amines is 1. The number of hydrogen-bond donors (Lipinski definition) is 5. The van der Waals surface area contributed by atoms with Crippen LogP contribution in [-0.4, -0.2) is 79.6 Å². The van der Waals surface area contributed by atoms with Crippen LogP contribution < -0.4 is 10.5 Å². The molecule has 0 saturated carbocycles. The minimum absolute atomic E-state index is 0.260. The smallest absolute Gasteiger partial charge is 0.490 e. The molecule has 50 heavy (non-hydrogen) atoms. The lowest BCUT2D eigenvalue weighted by molar-refractivity contribution is -0.193. The topological polar surface area (TPSA) is 189 Å². The molecule has 0 aliphatic carbocycles. The average Bonchev–Trinajstić information content (AvgIpc) is 3.37. The highest BCUT2D eigenvalue weighted by atomic mass is 79.9. The second-order valence-corrected chi connectivity index (χ2v) is 10.3. The minimum atomic E-state index is -5.08. The largest absolute Gasteiger partial charge is 0.490 e. The molecular formula is C28H23BrF10N4O7. The lowest BCUT2D eigenvalue weighted by Crippen LogP contribution is -2.30. The van der Waals surface area contributed by atoms with Crippen molar-refractivity contribution in [3.8, 4) is 16.9 Å². The number of aliphatic carboxylic acids is 3. The normalized spacial score (nSPS) is 11.9. The molecule has 274 valence electrons. The Kier molecular flexibility index (Phi) is 15.6. The number of carboxylic acid groups (broad SMARTS) is 3. The van der Waals surface area contributed by atoms with Crippen molar-refractivity contribution in [2.75, 3.05) is 6.61 Å². The number of alkyl halides is 9. The number of hydrogen-bond acceptors (Lipinski definition) is 7. The Bertz CT molecular complexity index is 1710. The van der Waals surface area contributed by atoms with Crippen LogP contribution in [0.3, 0.4) is 0 Å². The van der Waals surface area contributed by atoms with Crippen molar-refractivity contribution < 1.29 is 78.3 Å². The lowest BCUT2D eigenvalue weighted by atomic mass is 10.0. The van der Waals surface area contributed by atoms with Crippen LogP contribution >= 0.6 is 15.9 Å². The molecule has 0 aliphatic rings. The number of aromatic nitrogens is 3. The Labute approximate surface area is 281 Å². The molecule has 0 saturated heterocycles. The number of carboxylic acids is 3. The van der Waals surface area contributed by atoms with Gasteiger partial charge in [-0.2, -0.15) is 44.6 Å². The molecule has 0 fully saturated rings. The van der Waals surface area contributed by atoms with Gasteiger partial charge in [0.25, 0.3) is 0 Å². The van der Waals surface area contributed by atoms with Gasteiger partial charge in [-0.1, -0.05) is 12.1 Å². The van der Waals surface area contributed by atoms with Gasteiger partial charge in [-0.25, -0.2) is 18.8 Å². The third-order valence-electron chi connectivity index (χ3n) is 5.46. The number of carbonyl (C=O) groups is 3. The molecule has 2 heterocycles. The highest BCUT2D eigenvalue weighted by Crippen LogP contribution is 2.27. The first kappa shape index (κ1) is 43.0. The van der Waals surface area contributed by atoms with Gasteiger partial charge >= 0.3 is 36.4 Å². The van der Waals surface area contributed by atoms with Crippen LogP contribution in [0.2, 0.25) is 0 Å². The maximum atomic E-state index is 13.7. The molecule has 0 bridgehead atoms. The fourth-order valence-electron chi connectivity index (χ4n) is 3.20. The summed E-state index contributed by atoms with van der Waals surface area (Å²) in [6.07, 6.45) is -11.3. The number of fused-ring (bicyclic) bond motifs is 1. The first-order valence-electron chi connectivity index (χ1n) is 13.0. The highest BCUT2D eigenvalue weighted by molar-refractivity contribution is 9.10. The number of halogens is 11. The van der Waals surface area contributed by atoms with Crippen LogP contribution in [-0.2, 0) is 20.8 Å². The van der Waals surface area contributed by atoms with Crippen LogP contribution in [0.15, 0.2) is 59.3 Å². The summed E-state index contributed by atoms with van der Waals surface area (Å²) >= 11 is 3.15. The third kappa shape index (κ3) is 15.1. The predicted octanol–water partition coefficient (Wildman–Crippen LogP) is 6.68. The monoisotopic (exact) mass is 796 g/mol. The van der Waals surface area contributed by atoms with Crippen LogP contribution in [0.4, 0.5) is 43.9 Å². The number of H-pyrrole nitrogens is 1. The quantitative estimate of drug-likeness (QED) is 0.132. The van der Waals surface area contributed by atoms with E-state index in [1.54, 1.807) is 18.5 Å². The molecule has 0 radical (unpaired) electrons. The van der Waals surface area contributed by atoms with E-state index in [0.717, 1.165) is 33.3 Å². The van der Waals surface area contributed by atoms with E-state index in [2.05, 4.69) is 37.2 Å². The average molecular weight is 797 g/mol. The maximum Gasteiger partial charge on any atom is 0.490 e. The van der Waals surface area contributed by atoms with E-state index in [9.17, 15) is 43.9 Å². The molecular weight excluding hydrogens is 774 g/mol. The summed E-state index contributed by atoms with van der Waals surface area (Å²) in [6.45, 7) is 2.30. The van der Waals surface area contributed by atoms with Crippen molar-refractivity contribution in [2.45, 2.75) is 37.9 Å². The standard InChI is InChI=1S/C22H20BrFN4O.3C2HF3O2/c1-13-19-9-15(3-5-22(19)28-27-13)16-8-18(11-26-10-16)29-12-17(25)6-14-2-4-20(23)21(24)7-14;3*3-2(4,5)1(6)7/h2-5,7-11,17H,6,12,25H2,1H3,(H,27,28);3*(H,6,7)/t17-;;;/m0.../s1. The Balaban J connectivity index is 0.000000486. The Hall–Kier alpha value is -4.99. The number of benzene rings is 2. The minimum Gasteiger partial charge on any atom is -0.490 e. The van der Waals surface area contributed by atoms with E-state index in [1.807, 2.05) is 31.2 Å².